The molecule has 2 aliphatic heterocycles. The van der Waals surface area contributed by atoms with Gasteiger partial charge in [-0.25, -0.2) is 4.98 Å². The van der Waals surface area contributed by atoms with Crippen molar-refractivity contribution in [3.05, 3.63) is 47.2 Å². The summed E-state index contributed by atoms with van der Waals surface area (Å²) < 4.78 is 5.15. The molecule has 1 N–H and O–H groups in total. The van der Waals surface area contributed by atoms with Gasteiger partial charge in [0.15, 0.2) is 11.6 Å². The van der Waals surface area contributed by atoms with Gasteiger partial charge in [0.1, 0.15) is 18.1 Å². The maximum Gasteiger partial charge on any atom is 0.275 e. The van der Waals surface area contributed by atoms with Crippen molar-refractivity contribution in [1.29, 1.82) is 5.26 Å². The van der Waals surface area contributed by atoms with Crippen LogP contribution in [-0.2, 0) is 0 Å². The van der Waals surface area contributed by atoms with E-state index >= 15 is 0 Å². The number of aromatic nitrogens is 1. The molecule has 2 aromatic rings. The van der Waals surface area contributed by atoms with E-state index in [1.54, 1.807) is 11.8 Å². The predicted molar refractivity (Wildman–Crippen MR) is 102 cm³/mol. The molecular formula is C21H22N4O4. The highest BCUT2D eigenvalue weighted by atomic mass is 16.3. The van der Waals surface area contributed by atoms with Gasteiger partial charge in [-0.05, 0) is 42.9 Å². The van der Waals surface area contributed by atoms with Gasteiger partial charge in [-0.1, -0.05) is 0 Å². The van der Waals surface area contributed by atoms with Crippen LogP contribution in [0.5, 0.6) is 5.75 Å². The molecule has 2 aliphatic rings. The number of nitriles is 1. The first-order valence-corrected chi connectivity index (χ1v) is 9.70. The summed E-state index contributed by atoms with van der Waals surface area (Å²) in [5, 5.41) is 18.6. The summed E-state index contributed by atoms with van der Waals surface area (Å²) in [5.41, 5.74) is 0.839. The van der Waals surface area contributed by atoms with E-state index in [2.05, 4.69) is 4.98 Å². The highest BCUT2D eigenvalue weighted by Gasteiger charge is 2.39. The topological polar surface area (TPSA) is 111 Å². The van der Waals surface area contributed by atoms with Crippen molar-refractivity contribution in [2.75, 3.05) is 26.2 Å². The van der Waals surface area contributed by atoms with Gasteiger partial charge in [0, 0.05) is 38.7 Å². The smallest absolute Gasteiger partial charge is 0.275 e. The van der Waals surface area contributed by atoms with Crippen LogP contribution in [0, 0.1) is 30.1 Å². The number of nitrogens with zero attached hydrogens (tertiary/aromatic N) is 4. The highest BCUT2D eigenvalue weighted by molar-refractivity contribution is 5.95. The lowest BCUT2D eigenvalue weighted by atomic mass is 9.80. The van der Waals surface area contributed by atoms with Crippen molar-refractivity contribution in [3.63, 3.8) is 0 Å². The second-order valence-electron chi connectivity index (χ2n) is 7.72. The van der Waals surface area contributed by atoms with Crippen molar-refractivity contribution in [1.82, 2.24) is 14.8 Å². The number of hydrogen-bond donors (Lipinski definition) is 1. The third-order valence-electron chi connectivity index (χ3n) is 5.81. The monoisotopic (exact) mass is 394 g/mol. The molecule has 150 valence electrons. The molecule has 4 rings (SSSR count). The fourth-order valence-corrected chi connectivity index (χ4v) is 4.12. The number of carbonyl (C=O) groups is 2. The lowest BCUT2D eigenvalue weighted by Crippen LogP contribution is -2.55. The molecule has 29 heavy (non-hydrogen) atoms. The standard InChI is InChI=1S/C21H22N4O4/c1-13-23-18(12-29-13)21(28)24-6-2-3-15(9-24)17-10-25(11-17)20(27)14-4-5-19(26)16(7-14)8-22/h4-5,7,12,15,17,26H,2-3,6,9-11H2,1H3. The zero-order valence-corrected chi connectivity index (χ0v) is 16.2. The number of hydrogen-bond acceptors (Lipinski definition) is 6. The fourth-order valence-electron chi connectivity index (χ4n) is 4.12. The Balaban J connectivity index is 1.35. The van der Waals surface area contributed by atoms with Crippen molar-refractivity contribution in [2.45, 2.75) is 19.8 Å². The van der Waals surface area contributed by atoms with Gasteiger partial charge >= 0.3 is 0 Å². The minimum Gasteiger partial charge on any atom is -0.507 e. The van der Waals surface area contributed by atoms with Gasteiger partial charge in [0.25, 0.3) is 11.8 Å². The minimum atomic E-state index is -0.139. The van der Waals surface area contributed by atoms with Crippen LogP contribution in [0.3, 0.4) is 0 Å². The minimum absolute atomic E-state index is 0.0949. The summed E-state index contributed by atoms with van der Waals surface area (Å²) in [6.07, 6.45) is 3.37. The van der Waals surface area contributed by atoms with E-state index in [9.17, 15) is 14.7 Å². The fraction of sp³-hybridized carbons (Fsp3) is 0.429. The summed E-state index contributed by atoms with van der Waals surface area (Å²) in [5.74, 6) is 0.801. The number of aromatic hydroxyl groups is 1. The first-order chi connectivity index (χ1) is 14.0. The Hall–Kier alpha value is -3.34. The third kappa shape index (κ3) is 3.68. The van der Waals surface area contributed by atoms with E-state index in [0.29, 0.717) is 55.2 Å². The Bertz CT molecular complexity index is 987. The molecular weight excluding hydrogens is 372 g/mol. The quantitative estimate of drug-likeness (QED) is 0.854. The number of piperidine rings is 1. The zero-order valence-electron chi connectivity index (χ0n) is 16.2. The normalized spacial score (nSPS) is 19.5. The Morgan fingerprint density at radius 1 is 1.21 bits per heavy atom. The number of likely N-dealkylation sites (tertiary alicyclic amines) is 2. The summed E-state index contributed by atoms with van der Waals surface area (Å²) in [6, 6.07) is 6.22. The lowest BCUT2D eigenvalue weighted by molar-refractivity contribution is 0.0186. The first kappa shape index (κ1) is 19.0. The molecule has 0 aliphatic carbocycles. The lowest BCUT2D eigenvalue weighted by Gasteiger charge is -2.46. The molecule has 0 bridgehead atoms. The SMILES string of the molecule is Cc1nc(C(=O)N2CCCC(C3CN(C(=O)c4ccc(O)c(C#N)c4)C3)C2)co1. The van der Waals surface area contributed by atoms with Crippen LogP contribution in [0.1, 0.15) is 45.1 Å². The summed E-state index contributed by atoms with van der Waals surface area (Å²) in [4.78, 5) is 33.0. The van der Waals surface area contributed by atoms with Crippen LogP contribution in [-0.4, -0.2) is 57.9 Å². The van der Waals surface area contributed by atoms with E-state index < -0.39 is 0 Å². The average Bonchev–Trinajstić information content (AvgIpc) is 3.13. The van der Waals surface area contributed by atoms with Gasteiger partial charge in [-0.2, -0.15) is 5.26 Å². The van der Waals surface area contributed by atoms with Gasteiger partial charge < -0.3 is 19.3 Å². The van der Waals surface area contributed by atoms with Crippen LogP contribution < -0.4 is 0 Å². The summed E-state index contributed by atoms with van der Waals surface area (Å²) in [7, 11) is 0. The number of benzene rings is 1. The Morgan fingerprint density at radius 2 is 1.97 bits per heavy atom. The van der Waals surface area contributed by atoms with E-state index in [0.717, 1.165) is 12.8 Å². The zero-order chi connectivity index (χ0) is 20.5. The number of phenols is 1. The molecule has 3 heterocycles. The van der Waals surface area contributed by atoms with Gasteiger partial charge in [0.05, 0.1) is 5.56 Å². The van der Waals surface area contributed by atoms with Crippen molar-refractivity contribution < 1.29 is 19.1 Å². The molecule has 8 nitrogen and oxygen atoms in total. The number of oxazole rings is 1. The van der Waals surface area contributed by atoms with Crippen molar-refractivity contribution in [2.24, 2.45) is 11.8 Å². The van der Waals surface area contributed by atoms with Crippen LogP contribution in [0.2, 0.25) is 0 Å². The molecule has 1 unspecified atom stereocenters. The Labute approximate surface area is 168 Å². The molecule has 8 heteroatoms. The Kier molecular flexibility index (Phi) is 4.97. The number of carbonyl (C=O) groups excluding carboxylic acids is 2. The van der Waals surface area contributed by atoms with E-state index in [1.807, 2.05) is 11.0 Å². The number of amides is 2. The van der Waals surface area contributed by atoms with Gasteiger partial charge in [0.2, 0.25) is 0 Å². The number of aryl methyl sites for hydroxylation is 1. The average molecular weight is 394 g/mol. The summed E-state index contributed by atoms with van der Waals surface area (Å²) in [6.45, 7) is 4.36. The summed E-state index contributed by atoms with van der Waals surface area (Å²) >= 11 is 0. The second kappa shape index (κ2) is 7.59. The Morgan fingerprint density at radius 3 is 2.66 bits per heavy atom. The predicted octanol–water partition coefficient (Wildman–Crippen LogP) is 2.18. The van der Waals surface area contributed by atoms with E-state index in [4.69, 9.17) is 9.68 Å². The first-order valence-electron chi connectivity index (χ1n) is 9.70. The highest BCUT2D eigenvalue weighted by Crippen LogP contribution is 2.32. The molecule has 2 amide bonds. The maximum atomic E-state index is 12.6. The van der Waals surface area contributed by atoms with Crippen LogP contribution in [0.4, 0.5) is 0 Å². The molecule has 1 aromatic heterocycles. The molecule has 2 saturated heterocycles. The molecule has 2 fully saturated rings. The number of phenolic OH excluding ortho intramolecular Hbond substituents is 1. The maximum absolute atomic E-state index is 12.6. The molecule has 0 spiro atoms. The van der Waals surface area contributed by atoms with Crippen LogP contribution >= 0.6 is 0 Å². The van der Waals surface area contributed by atoms with Crippen LogP contribution in [0.15, 0.2) is 28.9 Å². The van der Waals surface area contributed by atoms with Crippen LogP contribution in [0.25, 0.3) is 0 Å². The van der Waals surface area contributed by atoms with Crippen molar-refractivity contribution in [3.8, 4) is 11.8 Å². The second-order valence-corrected chi connectivity index (χ2v) is 7.72. The van der Waals surface area contributed by atoms with E-state index in [-0.39, 0.29) is 23.1 Å². The van der Waals surface area contributed by atoms with E-state index in [1.165, 1.54) is 24.5 Å². The third-order valence-corrected chi connectivity index (χ3v) is 5.81. The molecule has 1 atom stereocenters. The molecule has 0 saturated carbocycles. The largest absolute Gasteiger partial charge is 0.507 e. The van der Waals surface area contributed by atoms with Gasteiger partial charge in [-0.15, -0.1) is 0 Å². The van der Waals surface area contributed by atoms with Crippen molar-refractivity contribution >= 4 is 11.8 Å². The molecule has 0 radical (unpaired) electrons. The van der Waals surface area contributed by atoms with Gasteiger partial charge in [-0.3, -0.25) is 9.59 Å². The molecule has 1 aromatic carbocycles. The number of rotatable bonds is 3.